The predicted molar refractivity (Wildman–Crippen MR) is 88.5 cm³/mol. The van der Waals surface area contributed by atoms with Crippen molar-refractivity contribution >= 4 is 22.6 Å². The molecule has 0 aliphatic heterocycles. The average molecular weight is 325 g/mol. The van der Waals surface area contributed by atoms with Gasteiger partial charge in [0.15, 0.2) is 0 Å². The van der Waals surface area contributed by atoms with E-state index in [9.17, 15) is 4.39 Å². The van der Waals surface area contributed by atoms with Crippen LogP contribution in [0.3, 0.4) is 0 Å². The fraction of sp³-hybridized carbons (Fsp3) is 0.250. The molecule has 2 N–H and O–H groups in total. The molecule has 0 radical (unpaired) electrons. The lowest BCUT2D eigenvalue weighted by molar-refractivity contribution is 0.629. The third kappa shape index (κ3) is 2.45. The molecule has 7 nitrogen and oxygen atoms in total. The summed E-state index contributed by atoms with van der Waals surface area (Å²) in [5.74, 6) is 1.98. The van der Waals surface area contributed by atoms with Crippen molar-refractivity contribution in [2.75, 3.05) is 11.9 Å². The van der Waals surface area contributed by atoms with Crippen LogP contribution < -0.4 is 5.32 Å². The van der Waals surface area contributed by atoms with E-state index >= 15 is 0 Å². The van der Waals surface area contributed by atoms with Crippen LogP contribution >= 0.6 is 0 Å². The molecule has 8 heteroatoms. The maximum Gasteiger partial charge on any atom is 0.254 e. The standard InChI is InChI=1S/C16H16FN7/c1-9-10(2)21-16-19-8-20-24(16)15(9)18-6-5-14-22-12-4-3-11(17)7-13(12)23-14/h3-4,7-8,18H,5-6H2,1-2H3,(H,22,23). The van der Waals surface area contributed by atoms with Crippen molar-refractivity contribution < 1.29 is 4.39 Å². The molecular formula is C16H16FN7. The number of nitrogens with one attached hydrogen (secondary N) is 2. The number of anilines is 1. The Kier molecular flexibility index (Phi) is 3.37. The summed E-state index contributed by atoms with van der Waals surface area (Å²) in [5.41, 5.74) is 3.41. The molecule has 0 saturated carbocycles. The normalized spacial score (nSPS) is 11.5. The van der Waals surface area contributed by atoms with Gasteiger partial charge in [-0.05, 0) is 32.0 Å². The summed E-state index contributed by atoms with van der Waals surface area (Å²) in [5, 5.41) is 7.58. The van der Waals surface area contributed by atoms with E-state index in [1.54, 1.807) is 10.6 Å². The second-order valence-corrected chi connectivity index (χ2v) is 5.66. The van der Waals surface area contributed by atoms with Crippen LogP contribution in [0.1, 0.15) is 17.1 Å². The van der Waals surface area contributed by atoms with Crippen LogP contribution in [-0.4, -0.2) is 36.1 Å². The minimum absolute atomic E-state index is 0.271. The predicted octanol–water partition coefficient (Wildman–Crippen LogP) is 2.41. The largest absolute Gasteiger partial charge is 0.369 e. The summed E-state index contributed by atoms with van der Waals surface area (Å²) in [6, 6.07) is 4.54. The van der Waals surface area contributed by atoms with Crippen molar-refractivity contribution in [1.29, 1.82) is 0 Å². The topological polar surface area (TPSA) is 83.8 Å². The van der Waals surface area contributed by atoms with Crippen molar-refractivity contribution in [3.05, 3.63) is 47.4 Å². The van der Waals surface area contributed by atoms with Gasteiger partial charge in [0.2, 0.25) is 0 Å². The summed E-state index contributed by atoms with van der Waals surface area (Å²) >= 11 is 0. The van der Waals surface area contributed by atoms with Gasteiger partial charge in [0.1, 0.15) is 23.8 Å². The van der Waals surface area contributed by atoms with Gasteiger partial charge in [-0.2, -0.15) is 14.6 Å². The Bertz CT molecular complexity index is 1030. The van der Waals surface area contributed by atoms with Crippen molar-refractivity contribution in [1.82, 2.24) is 29.5 Å². The van der Waals surface area contributed by atoms with Crippen LogP contribution in [0.25, 0.3) is 16.8 Å². The van der Waals surface area contributed by atoms with Gasteiger partial charge < -0.3 is 10.3 Å². The summed E-state index contributed by atoms with van der Waals surface area (Å²) in [7, 11) is 0. The van der Waals surface area contributed by atoms with Gasteiger partial charge in [0, 0.05) is 24.2 Å². The molecule has 0 unspecified atom stereocenters. The Hall–Kier alpha value is -3.03. The first kappa shape index (κ1) is 14.6. The van der Waals surface area contributed by atoms with Crippen molar-refractivity contribution in [2.24, 2.45) is 0 Å². The van der Waals surface area contributed by atoms with Crippen LogP contribution in [0.4, 0.5) is 10.2 Å². The zero-order valence-electron chi connectivity index (χ0n) is 13.3. The number of aryl methyl sites for hydroxylation is 1. The molecule has 0 atom stereocenters. The highest BCUT2D eigenvalue weighted by Crippen LogP contribution is 2.18. The van der Waals surface area contributed by atoms with E-state index in [-0.39, 0.29) is 5.82 Å². The van der Waals surface area contributed by atoms with E-state index in [2.05, 4.69) is 30.4 Å². The van der Waals surface area contributed by atoms with Crippen LogP contribution in [0, 0.1) is 19.7 Å². The molecular weight excluding hydrogens is 309 g/mol. The summed E-state index contributed by atoms with van der Waals surface area (Å²) in [6.07, 6.45) is 2.16. The van der Waals surface area contributed by atoms with Gasteiger partial charge in [-0.3, -0.25) is 0 Å². The van der Waals surface area contributed by atoms with E-state index < -0.39 is 0 Å². The van der Waals surface area contributed by atoms with Crippen molar-refractivity contribution in [3.63, 3.8) is 0 Å². The number of hydrogen-bond acceptors (Lipinski definition) is 5. The van der Waals surface area contributed by atoms with Gasteiger partial charge in [-0.15, -0.1) is 0 Å². The average Bonchev–Trinajstić information content (AvgIpc) is 3.16. The summed E-state index contributed by atoms with van der Waals surface area (Å²) in [6.45, 7) is 4.60. The number of fused-ring (bicyclic) bond motifs is 2. The number of imidazole rings is 1. The molecule has 3 heterocycles. The lowest BCUT2D eigenvalue weighted by Crippen LogP contribution is -2.13. The fourth-order valence-corrected chi connectivity index (χ4v) is 2.69. The molecule has 1 aromatic carbocycles. The van der Waals surface area contributed by atoms with E-state index in [1.165, 1.54) is 18.5 Å². The third-order valence-corrected chi connectivity index (χ3v) is 4.05. The van der Waals surface area contributed by atoms with Crippen molar-refractivity contribution in [3.8, 4) is 0 Å². The summed E-state index contributed by atoms with van der Waals surface area (Å²) in [4.78, 5) is 16.1. The molecule has 4 aromatic rings. The number of aromatic nitrogens is 6. The number of nitrogens with zero attached hydrogens (tertiary/aromatic N) is 5. The van der Waals surface area contributed by atoms with Crippen molar-refractivity contribution in [2.45, 2.75) is 20.3 Å². The highest BCUT2D eigenvalue weighted by Gasteiger charge is 2.11. The number of aromatic amines is 1. The number of hydrogen-bond donors (Lipinski definition) is 2. The molecule has 4 rings (SSSR count). The third-order valence-electron chi connectivity index (χ3n) is 4.05. The van der Waals surface area contributed by atoms with Gasteiger partial charge in [0.25, 0.3) is 5.78 Å². The second-order valence-electron chi connectivity index (χ2n) is 5.66. The SMILES string of the molecule is Cc1nc2ncnn2c(NCCc2nc3ccc(F)cc3[nH]2)c1C. The number of H-pyrrole nitrogens is 1. The first-order valence-corrected chi connectivity index (χ1v) is 7.67. The highest BCUT2D eigenvalue weighted by atomic mass is 19.1. The Morgan fingerprint density at radius 2 is 2.12 bits per heavy atom. The minimum Gasteiger partial charge on any atom is -0.369 e. The van der Waals surface area contributed by atoms with Crippen LogP contribution in [-0.2, 0) is 6.42 Å². The second kappa shape index (κ2) is 5.55. The Morgan fingerprint density at radius 1 is 1.25 bits per heavy atom. The quantitative estimate of drug-likeness (QED) is 0.602. The van der Waals surface area contributed by atoms with Crippen LogP contribution in [0.15, 0.2) is 24.5 Å². The molecule has 0 amide bonds. The van der Waals surface area contributed by atoms with Gasteiger partial charge >= 0.3 is 0 Å². The van der Waals surface area contributed by atoms with Gasteiger partial charge in [-0.25, -0.2) is 14.4 Å². The van der Waals surface area contributed by atoms with E-state index in [1.807, 2.05) is 13.8 Å². The first-order chi connectivity index (χ1) is 11.6. The first-order valence-electron chi connectivity index (χ1n) is 7.67. The Morgan fingerprint density at radius 3 is 3.00 bits per heavy atom. The zero-order chi connectivity index (χ0) is 16.7. The van der Waals surface area contributed by atoms with Gasteiger partial charge in [0.05, 0.1) is 11.0 Å². The maximum atomic E-state index is 13.2. The van der Waals surface area contributed by atoms with Crippen LogP contribution in [0.5, 0.6) is 0 Å². The lowest BCUT2D eigenvalue weighted by Gasteiger charge is -2.11. The van der Waals surface area contributed by atoms with E-state index in [4.69, 9.17) is 0 Å². The zero-order valence-corrected chi connectivity index (χ0v) is 13.3. The van der Waals surface area contributed by atoms with Gasteiger partial charge in [-0.1, -0.05) is 0 Å². The molecule has 0 aliphatic carbocycles. The smallest absolute Gasteiger partial charge is 0.254 e. The lowest BCUT2D eigenvalue weighted by atomic mass is 10.2. The molecule has 0 saturated heterocycles. The van der Waals surface area contributed by atoms with E-state index in [0.29, 0.717) is 24.3 Å². The number of benzene rings is 1. The molecule has 0 spiro atoms. The van der Waals surface area contributed by atoms with Crippen LogP contribution in [0.2, 0.25) is 0 Å². The minimum atomic E-state index is -0.271. The number of halogens is 1. The molecule has 0 aliphatic rings. The summed E-state index contributed by atoms with van der Waals surface area (Å²) < 4.78 is 14.9. The Labute approximate surface area is 137 Å². The monoisotopic (exact) mass is 325 g/mol. The highest BCUT2D eigenvalue weighted by molar-refractivity contribution is 5.74. The molecule has 0 bridgehead atoms. The number of rotatable bonds is 4. The molecule has 122 valence electrons. The van der Waals surface area contributed by atoms with E-state index in [0.717, 1.165) is 28.4 Å². The fourth-order valence-electron chi connectivity index (χ4n) is 2.69. The molecule has 0 fully saturated rings. The molecule has 3 aromatic heterocycles. The maximum absolute atomic E-state index is 13.2. The molecule has 24 heavy (non-hydrogen) atoms. The Balaban J connectivity index is 1.54.